The molecule has 0 saturated heterocycles. The van der Waals surface area contributed by atoms with E-state index in [1.807, 2.05) is 23.1 Å². The number of amides is 1. The number of phenolic OH excluding ortho intramolecular Hbond substituents is 1. The van der Waals surface area contributed by atoms with E-state index in [-0.39, 0.29) is 11.7 Å². The zero-order valence-electron chi connectivity index (χ0n) is 20.8. The molecule has 0 spiro atoms. The molecule has 0 aliphatic heterocycles. The van der Waals surface area contributed by atoms with Gasteiger partial charge in [0.05, 0.1) is 6.42 Å². The average molecular weight is 470 g/mol. The molecule has 0 bridgehead atoms. The molecule has 0 fully saturated rings. The summed E-state index contributed by atoms with van der Waals surface area (Å²) in [6.07, 6.45) is 6.94. The highest BCUT2D eigenvalue weighted by Crippen LogP contribution is 2.23. The van der Waals surface area contributed by atoms with Crippen molar-refractivity contribution < 1.29 is 24.5 Å². The Morgan fingerprint density at radius 3 is 2.29 bits per heavy atom. The lowest BCUT2D eigenvalue weighted by molar-refractivity contribution is -0.154. The van der Waals surface area contributed by atoms with Crippen molar-refractivity contribution >= 4 is 11.9 Å². The monoisotopic (exact) mass is 469 g/mol. The second kappa shape index (κ2) is 13.6. The third kappa shape index (κ3) is 8.73. The van der Waals surface area contributed by atoms with Crippen molar-refractivity contribution in [3.8, 4) is 11.5 Å². The summed E-state index contributed by atoms with van der Waals surface area (Å²) in [5.41, 5.74) is 0.597. The van der Waals surface area contributed by atoms with Gasteiger partial charge in [0.2, 0.25) is 11.5 Å². The Morgan fingerprint density at radius 1 is 0.941 bits per heavy atom. The number of rotatable bonds is 15. The highest BCUT2D eigenvalue weighted by molar-refractivity contribution is 5.79. The molecule has 1 amide bonds. The van der Waals surface area contributed by atoms with Gasteiger partial charge in [0.25, 0.3) is 0 Å². The van der Waals surface area contributed by atoms with Crippen LogP contribution in [0.1, 0.15) is 70.4 Å². The van der Waals surface area contributed by atoms with E-state index in [0.717, 1.165) is 24.0 Å². The SMILES string of the molecule is CCCCCCCN(CCc1cccc(O[C@](C)(CC)C(=O)O)c1)C(=O)Cc1ccc(O)cc1. The summed E-state index contributed by atoms with van der Waals surface area (Å²) >= 11 is 0. The molecule has 186 valence electrons. The zero-order valence-corrected chi connectivity index (χ0v) is 20.8. The first-order valence-electron chi connectivity index (χ1n) is 12.3. The second-order valence-electron chi connectivity index (χ2n) is 9.03. The summed E-state index contributed by atoms with van der Waals surface area (Å²) in [6.45, 7) is 6.84. The molecule has 0 radical (unpaired) electrons. The van der Waals surface area contributed by atoms with Crippen LogP contribution in [0.4, 0.5) is 0 Å². The van der Waals surface area contributed by atoms with Gasteiger partial charge in [0, 0.05) is 13.1 Å². The Bertz CT molecular complexity index is 911. The highest BCUT2D eigenvalue weighted by Gasteiger charge is 2.33. The minimum absolute atomic E-state index is 0.0676. The van der Waals surface area contributed by atoms with E-state index < -0.39 is 11.6 Å². The van der Waals surface area contributed by atoms with E-state index in [1.54, 1.807) is 44.2 Å². The van der Waals surface area contributed by atoms with Gasteiger partial charge in [0.1, 0.15) is 11.5 Å². The van der Waals surface area contributed by atoms with Crippen LogP contribution in [0.2, 0.25) is 0 Å². The molecule has 34 heavy (non-hydrogen) atoms. The van der Waals surface area contributed by atoms with Crippen LogP contribution in [-0.4, -0.2) is 45.7 Å². The standard InChI is InChI=1S/C28H39NO5/c1-4-6-7-8-9-18-29(26(31)21-23-13-15-24(30)16-14-23)19-17-22-11-10-12-25(20-22)34-28(3,5-2)27(32)33/h10-16,20,30H,4-9,17-19,21H2,1-3H3,(H,32,33)/t28-/m1/s1. The number of nitrogens with zero attached hydrogens (tertiary/aromatic N) is 1. The van der Waals surface area contributed by atoms with Crippen LogP contribution in [0.25, 0.3) is 0 Å². The fourth-order valence-corrected chi connectivity index (χ4v) is 3.72. The van der Waals surface area contributed by atoms with Crippen LogP contribution in [-0.2, 0) is 22.4 Å². The number of aromatic hydroxyl groups is 1. The molecule has 6 nitrogen and oxygen atoms in total. The van der Waals surface area contributed by atoms with Crippen LogP contribution in [0, 0.1) is 0 Å². The molecule has 6 heteroatoms. The first-order chi connectivity index (χ1) is 16.3. The summed E-state index contributed by atoms with van der Waals surface area (Å²) in [5, 5.41) is 19.0. The number of carboxylic acid groups (broad SMARTS) is 1. The predicted molar refractivity (Wildman–Crippen MR) is 134 cm³/mol. The minimum atomic E-state index is -1.27. The first kappa shape index (κ1) is 27.2. The fraction of sp³-hybridized carbons (Fsp3) is 0.500. The summed E-state index contributed by atoms with van der Waals surface area (Å²) < 4.78 is 5.80. The second-order valence-corrected chi connectivity index (χ2v) is 9.03. The maximum atomic E-state index is 13.1. The molecule has 2 rings (SSSR count). The lowest BCUT2D eigenvalue weighted by Crippen LogP contribution is -2.40. The molecule has 2 aromatic carbocycles. The van der Waals surface area contributed by atoms with E-state index in [4.69, 9.17) is 4.74 Å². The molecule has 0 unspecified atom stereocenters. The van der Waals surface area contributed by atoms with Crippen LogP contribution < -0.4 is 4.74 Å². The maximum absolute atomic E-state index is 13.1. The summed E-state index contributed by atoms with van der Waals surface area (Å²) in [6, 6.07) is 14.2. The maximum Gasteiger partial charge on any atom is 0.347 e. The quantitative estimate of drug-likeness (QED) is 0.331. The Hall–Kier alpha value is -3.02. The minimum Gasteiger partial charge on any atom is -0.508 e. The van der Waals surface area contributed by atoms with Crippen molar-refractivity contribution in [2.75, 3.05) is 13.1 Å². The summed E-state index contributed by atoms with van der Waals surface area (Å²) in [4.78, 5) is 26.6. The van der Waals surface area contributed by atoms with Crippen LogP contribution >= 0.6 is 0 Å². The van der Waals surface area contributed by atoms with E-state index in [2.05, 4.69) is 6.92 Å². The van der Waals surface area contributed by atoms with Crippen LogP contribution in [0.5, 0.6) is 11.5 Å². The molecule has 0 saturated carbocycles. The molecule has 0 aliphatic rings. The van der Waals surface area contributed by atoms with Crippen molar-refractivity contribution in [2.24, 2.45) is 0 Å². The molecular formula is C28H39NO5. The van der Waals surface area contributed by atoms with E-state index in [0.29, 0.717) is 38.1 Å². The number of carbonyl (C=O) groups excluding carboxylic acids is 1. The topological polar surface area (TPSA) is 87.1 Å². The van der Waals surface area contributed by atoms with Gasteiger partial charge in [-0.1, -0.05) is 63.8 Å². The van der Waals surface area contributed by atoms with Crippen LogP contribution in [0.15, 0.2) is 48.5 Å². The number of unbranched alkanes of at least 4 members (excludes halogenated alkanes) is 4. The molecule has 0 heterocycles. The van der Waals surface area contributed by atoms with Gasteiger partial charge < -0.3 is 19.8 Å². The number of aliphatic carboxylic acids is 1. The Morgan fingerprint density at radius 2 is 1.65 bits per heavy atom. The number of carboxylic acids is 1. The number of phenols is 1. The Balaban J connectivity index is 2.04. The largest absolute Gasteiger partial charge is 0.508 e. The van der Waals surface area contributed by atoms with Gasteiger partial charge in [-0.15, -0.1) is 0 Å². The molecule has 2 N–H and O–H groups in total. The van der Waals surface area contributed by atoms with Gasteiger partial charge in [-0.3, -0.25) is 4.79 Å². The molecular weight excluding hydrogens is 430 g/mol. The zero-order chi connectivity index (χ0) is 25.0. The van der Waals surface area contributed by atoms with Gasteiger partial charge in [-0.2, -0.15) is 0 Å². The number of carbonyl (C=O) groups is 2. The lowest BCUT2D eigenvalue weighted by Gasteiger charge is -2.25. The predicted octanol–water partition coefficient (Wildman–Crippen LogP) is 5.61. The van der Waals surface area contributed by atoms with Crippen molar-refractivity contribution in [2.45, 2.75) is 77.7 Å². The number of hydrogen-bond acceptors (Lipinski definition) is 4. The Kier molecular flexibility index (Phi) is 10.9. The molecule has 0 aromatic heterocycles. The fourth-order valence-electron chi connectivity index (χ4n) is 3.72. The molecule has 1 atom stereocenters. The van der Waals surface area contributed by atoms with Crippen molar-refractivity contribution in [3.63, 3.8) is 0 Å². The van der Waals surface area contributed by atoms with Gasteiger partial charge in [-0.05, 0) is 61.6 Å². The van der Waals surface area contributed by atoms with Crippen molar-refractivity contribution in [3.05, 3.63) is 59.7 Å². The normalized spacial score (nSPS) is 12.7. The number of benzene rings is 2. The van der Waals surface area contributed by atoms with Crippen molar-refractivity contribution in [1.29, 1.82) is 0 Å². The third-order valence-corrected chi connectivity index (χ3v) is 6.22. The average Bonchev–Trinajstić information content (AvgIpc) is 2.82. The first-order valence-corrected chi connectivity index (χ1v) is 12.3. The van der Waals surface area contributed by atoms with Gasteiger partial charge in [0.15, 0.2) is 0 Å². The number of ether oxygens (including phenoxy) is 1. The number of hydrogen-bond donors (Lipinski definition) is 2. The summed E-state index contributed by atoms with van der Waals surface area (Å²) in [7, 11) is 0. The van der Waals surface area contributed by atoms with Gasteiger partial charge >= 0.3 is 5.97 Å². The molecule has 0 aliphatic carbocycles. The van der Waals surface area contributed by atoms with Gasteiger partial charge in [-0.25, -0.2) is 4.79 Å². The van der Waals surface area contributed by atoms with E-state index >= 15 is 0 Å². The van der Waals surface area contributed by atoms with E-state index in [9.17, 15) is 19.8 Å². The molecule has 2 aromatic rings. The Labute approximate surface area is 203 Å². The highest BCUT2D eigenvalue weighted by atomic mass is 16.5. The van der Waals surface area contributed by atoms with Crippen molar-refractivity contribution in [1.82, 2.24) is 4.90 Å². The third-order valence-electron chi connectivity index (χ3n) is 6.22. The smallest absolute Gasteiger partial charge is 0.347 e. The lowest BCUT2D eigenvalue weighted by atomic mass is 10.0. The van der Waals surface area contributed by atoms with Crippen LogP contribution in [0.3, 0.4) is 0 Å². The van der Waals surface area contributed by atoms with E-state index in [1.165, 1.54) is 19.3 Å². The summed E-state index contributed by atoms with van der Waals surface area (Å²) in [5.74, 6) is -0.216.